The highest BCUT2D eigenvalue weighted by Crippen LogP contribution is 2.34. The molecule has 0 fully saturated rings. The Labute approximate surface area is 122 Å². The Bertz CT molecular complexity index is 568. The van der Waals surface area contributed by atoms with Gasteiger partial charge in [-0.05, 0) is 31.2 Å². The van der Waals surface area contributed by atoms with E-state index in [4.69, 9.17) is 4.74 Å². The number of benzene rings is 2. The fourth-order valence-electron chi connectivity index (χ4n) is 2.28. The molecule has 1 unspecified atom stereocenters. The molecule has 0 bridgehead atoms. The Balaban J connectivity index is 2.53. The Kier molecular flexibility index (Phi) is 4.61. The number of aryl methyl sites for hydroxylation is 1. The van der Waals surface area contributed by atoms with E-state index in [0.717, 1.165) is 15.8 Å². The van der Waals surface area contributed by atoms with Gasteiger partial charge in [0.15, 0.2) is 0 Å². The lowest BCUT2D eigenvalue weighted by molar-refractivity contribution is 0.405. The maximum Gasteiger partial charge on any atom is 0.123 e. The van der Waals surface area contributed by atoms with Gasteiger partial charge in [-0.1, -0.05) is 52.3 Å². The quantitative estimate of drug-likeness (QED) is 0.917. The maximum absolute atomic E-state index is 5.46. The molecule has 1 N–H and O–H groups in total. The molecule has 0 aliphatic carbocycles. The first-order valence-corrected chi connectivity index (χ1v) is 7.03. The van der Waals surface area contributed by atoms with Gasteiger partial charge in [-0.3, -0.25) is 0 Å². The second kappa shape index (κ2) is 6.22. The molecule has 0 saturated heterocycles. The number of hydrogen-bond donors (Lipinski definition) is 1. The molecule has 0 heterocycles. The van der Waals surface area contributed by atoms with E-state index < -0.39 is 0 Å². The van der Waals surface area contributed by atoms with Crippen LogP contribution in [0, 0.1) is 6.92 Å². The van der Waals surface area contributed by atoms with Crippen molar-refractivity contribution in [3.63, 3.8) is 0 Å². The van der Waals surface area contributed by atoms with Crippen LogP contribution in [0.2, 0.25) is 0 Å². The first-order chi connectivity index (χ1) is 9.19. The van der Waals surface area contributed by atoms with Crippen LogP contribution in [-0.4, -0.2) is 14.2 Å². The van der Waals surface area contributed by atoms with Gasteiger partial charge in [-0.15, -0.1) is 0 Å². The van der Waals surface area contributed by atoms with E-state index in [2.05, 4.69) is 52.4 Å². The topological polar surface area (TPSA) is 21.3 Å². The number of para-hydroxylation sites is 1. The molecule has 0 amide bonds. The minimum Gasteiger partial charge on any atom is -0.496 e. The lowest BCUT2D eigenvalue weighted by atomic mass is 9.96. The number of halogens is 1. The second-order valence-electron chi connectivity index (χ2n) is 4.44. The summed E-state index contributed by atoms with van der Waals surface area (Å²) in [5.74, 6) is 0.898. The molecule has 0 spiro atoms. The molecule has 2 rings (SSSR count). The zero-order chi connectivity index (χ0) is 13.8. The van der Waals surface area contributed by atoms with Crippen molar-refractivity contribution in [2.24, 2.45) is 0 Å². The van der Waals surface area contributed by atoms with Crippen molar-refractivity contribution in [2.75, 3.05) is 14.2 Å². The average molecular weight is 320 g/mol. The van der Waals surface area contributed by atoms with E-state index in [1.165, 1.54) is 11.1 Å². The summed E-state index contributed by atoms with van der Waals surface area (Å²) >= 11 is 3.68. The molecule has 0 aromatic heterocycles. The van der Waals surface area contributed by atoms with Crippen LogP contribution >= 0.6 is 15.9 Å². The van der Waals surface area contributed by atoms with Crippen molar-refractivity contribution >= 4 is 15.9 Å². The summed E-state index contributed by atoms with van der Waals surface area (Å²) in [5, 5.41) is 3.37. The van der Waals surface area contributed by atoms with E-state index in [-0.39, 0.29) is 6.04 Å². The highest BCUT2D eigenvalue weighted by atomic mass is 79.9. The highest BCUT2D eigenvalue weighted by Gasteiger charge is 2.18. The fourth-order valence-corrected chi connectivity index (χ4v) is 2.77. The van der Waals surface area contributed by atoms with Crippen LogP contribution in [0.3, 0.4) is 0 Å². The molecule has 2 nitrogen and oxygen atoms in total. The monoisotopic (exact) mass is 319 g/mol. The van der Waals surface area contributed by atoms with Gasteiger partial charge in [0, 0.05) is 10.0 Å². The number of hydrogen-bond acceptors (Lipinski definition) is 2. The van der Waals surface area contributed by atoms with E-state index >= 15 is 0 Å². The van der Waals surface area contributed by atoms with Crippen LogP contribution in [-0.2, 0) is 0 Å². The third-order valence-electron chi connectivity index (χ3n) is 3.27. The second-order valence-corrected chi connectivity index (χ2v) is 5.23. The molecule has 1 atom stereocenters. The molecule has 2 aromatic carbocycles. The summed E-state index contributed by atoms with van der Waals surface area (Å²) in [7, 11) is 3.67. The van der Waals surface area contributed by atoms with Crippen molar-refractivity contribution in [3.05, 3.63) is 63.6 Å². The minimum atomic E-state index is 0.102. The van der Waals surface area contributed by atoms with Crippen LogP contribution in [0.1, 0.15) is 22.7 Å². The van der Waals surface area contributed by atoms with Crippen molar-refractivity contribution in [1.29, 1.82) is 0 Å². The van der Waals surface area contributed by atoms with Gasteiger partial charge in [-0.25, -0.2) is 0 Å². The van der Waals surface area contributed by atoms with Crippen LogP contribution in [0.5, 0.6) is 5.75 Å². The highest BCUT2D eigenvalue weighted by molar-refractivity contribution is 9.10. The van der Waals surface area contributed by atoms with E-state index in [1.54, 1.807) is 7.11 Å². The minimum absolute atomic E-state index is 0.102. The average Bonchev–Trinajstić information content (AvgIpc) is 2.45. The zero-order valence-electron chi connectivity index (χ0n) is 11.4. The van der Waals surface area contributed by atoms with Crippen molar-refractivity contribution in [3.8, 4) is 5.75 Å². The van der Waals surface area contributed by atoms with E-state index in [9.17, 15) is 0 Å². The third kappa shape index (κ3) is 2.82. The Morgan fingerprint density at radius 2 is 1.74 bits per heavy atom. The number of ether oxygens (including phenoxy) is 1. The molecule has 0 aliphatic heterocycles. The van der Waals surface area contributed by atoms with E-state index in [0.29, 0.717) is 0 Å². The number of methoxy groups -OCH3 is 1. The molecule has 3 heteroatoms. The largest absolute Gasteiger partial charge is 0.496 e. The van der Waals surface area contributed by atoms with Gasteiger partial charge in [0.1, 0.15) is 5.75 Å². The molecular weight excluding hydrogens is 302 g/mol. The summed E-state index contributed by atoms with van der Waals surface area (Å²) in [5.41, 5.74) is 3.58. The van der Waals surface area contributed by atoms with Gasteiger partial charge in [0.05, 0.1) is 13.2 Å². The summed E-state index contributed by atoms with van der Waals surface area (Å²) < 4.78 is 6.60. The van der Waals surface area contributed by atoms with Crippen LogP contribution in [0.15, 0.2) is 46.9 Å². The predicted molar refractivity (Wildman–Crippen MR) is 82.8 cm³/mol. The first kappa shape index (κ1) is 14.1. The standard InChI is InChI=1S/C16H18BrNO/c1-11-7-6-9-13(15(11)17)16(18-2)12-8-4-5-10-14(12)19-3/h4-10,16,18H,1-3H3. The summed E-state index contributed by atoms with van der Waals surface area (Å²) in [6.45, 7) is 2.10. The summed E-state index contributed by atoms with van der Waals surface area (Å²) in [6, 6.07) is 14.5. The first-order valence-electron chi connectivity index (χ1n) is 6.24. The lowest BCUT2D eigenvalue weighted by Gasteiger charge is -2.21. The Morgan fingerprint density at radius 3 is 2.42 bits per heavy atom. The Hall–Kier alpha value is -1.32. The SMILES string of the molecule is CNC(c1ccccc1OC)c1cccc(C)c1Br. The van der Waals surface area contributed by atoms with Crippen LogP contribution < -0.4 is 10.1 Å². The number of rotatable bonds is 4. The summed E-state index contributed by atoms with van der Waals surface area (Å²) in [4.78, 5) is 0. The zero-order valence-corrected chi connectivity index (χ0v) is 13.0. The predicted octanol–water partition coefficient (Wildman–Crippen LogP) is 4.07. The lowest BCUT2D eigenvalue weighted by Crippen LogP contribution is -2.19. The molecule has 0 aliphatic rings. The van der Waals surface area contributed by atoms with Gasteiger partial charge in [0.25, 0.3) is 0 Å². The molecule has 2 aromatic rings. The number of nitrogens with one attached hydrogen (secondary N) is 1. The maximum atomic E-state index is 5.46. The normalized spacial score (nSPS) is 12.2. The van der Waals surface area contributed by atoms with E-state index in [1.807, 2.05) is 25.2 Å². The van der Waals surface area contributed by atoms with Crippen LogP contribution in [0.25, 0.3) is 0 Å². The molecular formula is C16H18BrNO. The van der Waals surface area contributed by atoms with Gasteiger partial charge in [-0.2, -0.15) is 0 Å². The van der Waals surface area contributed by atoms with Gasteiger partial charge < -0.3 is 10.1 Å². The Morgan fingerprint density at radius 1 is 1.05 bits per heavy atom. The van der Waals surface area contributed by atoms with Crippen molar-refractivity contribution in [1.82, 2.24) is 5.32 Å². The molecule has 100 valence electrons. The van der Waals surface area contributed by atoms with Crippen molar-refractivity contribution in [2.45, 2.75) is 13.0 Å². The molecule has 0 radical (unpaired) electrons. The van der Waals surface area contributed by atoms with Gasteiger partial charge >= 0.3 is 0 Å². The van der Waals surface area contributed by atoms with Gasteiger partial charge in [0.2, 0.25) is 0 Å². The molecule has 19 heavy (non-hydrogen) atoms. The van der Waals surface area contributed by atoms with Crippen molar-refractivity contribution < 1.29 is 4.74 Å². The third-order valence-corrected chi connectivity index (χ3v) is 4.35. The van der Waals surface area contributed by atoms with Crippen LogP contribution in [0.4, 0.5) is 0 Å². The molecule has 0 saturated carbocycles. The smallest absolute Gasteiger partial charge is 0.123 e. The summed E-state index contributed by atoms with van der Waals surface area (Å²) in [6.07, 6.45) is 0. The fraction of sp³-hybridized carbons (Fsp3) is 0.250.